The molecule has 0 saturated carbocycles. The van der Waals surface area contributed by atoms with Gasteiger partial charge in [-0.25, -0.2) is 4.79 Å². The van der Waals surface area contributed by atoms with Crippen LogP contribution in [0, 0.1) is 0 Å². The molecular weight excluding hydrogens is 318 g/mol. The maximum Gasteiger partial charge on any atom is 0.337 e. The highest BCUT2D eigenvalue weighted by Gasteiger charge is 2.11. The van der Waals surface area contributed by atoms with Crippen LogP contribution in [-0.4, -0.2) is 25.6 Å². The van der Waals surface area contributed by atoms with Crippen molar-refractivity contribution in [2.75, 3.05) is 19.0 Å². The fourth-order valence-electron chi connectivity index (χ4n) is 1.89. The number of esters is 1. The second-order valence-corrected chi connectivity index (χ2v) is 5.12. The molecule has 2 aromatic rings. The van der Waals surface area contributed by atoms with E-state index in [0.29, 0.717) is 22.9 Å². The van der Waals surface area contributed by atoms with E-state index < -0.39 is 5.97 Å². The molecule has 2 rings (SSSR count). The van der Waals surface area contributed by atoms with Gasteiger partial charge in [0.1, 0.15) is 6.61 Å². The third kappa shape index (κ3) is 5.09. The normalized spacial score (nSPS) is 10.2. The summed E-state index contributed by atoms with van der Waals surface area (Å²) < 4.78 is 9.98. The molecule has 0 aliphatic carbocycles. The largest absolute Gasteiger partial charge is 0.465 e. The molecule has 23 heavy (non-hydrogen) atoms. The van der Waals surface area contributed by atoms with Gasteiger partial charge in [0.15, 0.2) is 0 Å². The molecule has 0 saturated heterocycles. The molecule has 6 heteroatoms. The zero-order valence-corrected chi connectivity index (χ0v) is 13.3. The molecule has 0 atom stereocenters. The number of carbonyl (C=O) groups excluding carboxylic acids is 2. The molecule has 0 aliphatic rings. The number of ether oxygens (including phenoxy) is 2. The lowest BCUT2D eigenvalue weighted by molar-refractivity contribution is -0.121. The summed E-state index contributed by atoms with van der Waals surface area (Å²) in [5.74, 6) is -0.859. The van der Waals surface area contributed by atoms with Crippen molar-refractivity contribution in [3.05, 3.63) is 64.7 Å². The van der Waals surface area contributed by atoms with E-state index in [-0.39, 0.29) is 12.5 Å². The van der Waals surface area contributed by atoms with E-state index in [2.05, 4.69) is 10.1 Å². The van der Waals surface area contributed by atoms with Crippen molar-refractivity contribution in [2.45, 2.75) is 6.61 Å². The summed E-state index contributed by atoms with van der Waals surface area (Å²) in [7, 11) is 1.28. The van der Waals surface area contributed by atoms with Crippen molar-refractivity contribution in [3.63, 3.8) is 0 Å². The zero-order valence-electron chi connectivity index (χ0n) is 12.5. The molecule has 1 N–H and O–H groups in total. The monoisotopic (exact) mass is 333 g/mol. The van der Waals surface area contributed by atoms with Crippen LogP contribution in [0.3, 0.4) is 0 Å². The van der Waals surface area contributed by atoms with Crippen molar-refractivity contribution < 1.29 is 19.1 Å². The summed E-state index contributed by atoms with van der Waals surface area (Å²) in [6.45, 7) is 0.220. The van der Waals surface area contributed by atoms with Crippen molar-refractivity contribution in [2.24, 2.45) is 0 Å². The second kappa shape index (κ2) is 8.31. The standard InChI is InChI=1S/C17H16ClNO4/c1-22-17(21)13-7-8-14(18)15(9-13)19-16(20)11-23-10-12-5-3-2-4-6-12/h2-9H,10-11H2,1H3,(H,19,20). The average molecular weight is 334 g/mol. The minimum atomic E-state index is -0.502. The molecular formula is C17H16ClNO4. The Balaban J connectivity index is 1.91. The predicted molar refractivity (Wildman–Crippen MR) is 87.5 cm³/mol. The molecule has 5 nitrogen and oxygen atoms in total. The summed E-state index contributed by atoms with van der Waals surface area (Å²) in [5.41, 5.74) is 1.62. The molecule has 0 aromatic heterocycles. The van der Waals surface area contributed by atoms with E-state index in [4.69, 9.17) is 16.3 Å². The number of methoxy groups -OCH3 is 1. The third-order valence-electron chi connectivity index (χ3n) is 3.01. The highest BCUT2D eigenvalue weighted by Crippen LogP contribution is 2.23. The minimum Gasteiger partial charge on any atom is -0.465 e. The van der Waals surface area contributed by atoms with E-state index in [1.54, 1.807) is 0 Å². The number of amides is 1. The summed E-state index contributed by atoms with van der Waals surface area (Å²) in [5, 5.41) is 2.94. The van der Waals surface area contributed by atoms with Gasteiger partial charge in [-0.3, -0.25) is 4.79 Å². The summed E-state index contributed by atoms with van der Waals surface area (Å²) in [6, 6.07) is 14.0. The first-order valence-electron chi connectivity index (χ1n) is 6.89. The van der Waals surface area contributed by atoms with Crippen LogP contribution in [0.1, 0.15) is 15.9 Å². The Bertz CT molecular complexity index is 688. The van der Waals surface area contributed by atoms with E-state index in [1.807, 2.05) is 30.3 Å². The Kier molecular flexibility index (Phi) is 6.14. The lowest BCUT2D eigenvalue weighted by atomic mass is 10.2. The van der Waals surface area contributed by atoms with Crippen LogP contribution in [0.25, 0.3) is 0 Å². The molecule has 0 spiro atoms. The number of rotatable bonds is 6. The first-order valence-corrected chi connectivity index (χ1v) is 7.27. The van der Waals surface area contributed by atoms with Crippen molar-refractivity contribution in [1.29, 1.82) is 0 Å². The number of benzene rings is 2. The SMILES string of the molecule is COC(=O)c1ccc(Cl)c(NC(=O)COCc2ccccc2)c1. The molecule has 2 aromatic carbocycles. The summed E-state index contributed by atoms with van der Waals surface area (Å²) in [6.07, 6.45) is 0. The number of carbonyl (C=O) groups is 2. The number of anilines is 1. The van der Waals surface area contributed by atoms with Crippen LogP contribution in [0.4, 0.5) is 5.69 Å². The van der Waals surface area contributed by atoms with E-state index in [1.165, 1.54) is 25.3 Å². The van der Waals surface area contributed by atoms with Gasteiger partial charge in [0.25, 0.3) is 0 Å². The van der Waals surface area contributed by atoms with E-state index >= 15 is 0 Å². The van der Waals surface area contributed by atoms with Gasteiger partial charge in [-0.15, -0.1) is 0 Å². The molecule has 0 unspecified atom stereocenters. The first-order chi connectivity index (χ1) is 11.1. The van der Waals surface area contributed by atoms with Gasteiger partial charge in [0.05, 0.1) is 30.0 Å². The zero-order chi connectivity index (χ0) is 16.7. The van der Waals surface area contributed by atoms with Crippen LogP contribution in [0.2, 0.25) is 5.02 Å². The molecule has 0 aliphatic heterocycles. The first kappa shape index (κ1) is 17.0. The Morgan fingerprint density at radius 2 is 1.87 bits per heavy atom. The Morgan fingerprint density at radius 1 is 1.13 bits per heavy atom. The van der Waals surface area contributed by atoms with E-state index in [9.17, 15) is 9.59 Å². The van der Waals surface area contributed by atoms with Gasteiger partial charge in [-0.1, -0.05) is 41.9 Å². The summed E-state index contributed by atoms with van der Waals surface area (Å²) in [4.78, 5) is 23.4. The predicted octanol–water partition coefficient (Wildman–Crippen LogP) is 3.28. The Labute approximate surface area is 139 Å². The fraction of sp³-hybridized carbons (Fsp3) is 0.176. The lowest BCUT2D eigenvalue weighted by Gasteiger charge is -2.09. The quantitative estimate of drug-likeness (QED) is 0.824. The van der Waals surface area contributed by atoms with Gasteiger partial charge >= 0.3 is 5.97 Å². The van der Waals surface area contributed by atoms with Crippen molar-refractivity contribution in [1.82, 2.24) is 0 Å². The Hall–Kier alpha value is -2.37. The fourth-order valence-corrected chi connectivity index (χ4v) is 2.05. The number of hydrogen-bond donors (Lipinski definition) is 1. The number of hydrogen-bond acceptors (Lipinski definition) is 4. The molecule has 0 bridgehead atoms. The topological polar surface area (TPSA) is 64.6 Å². The average Bonchev–Trinajstić information content (AvgIpc) is 2.57. The van der Waals surface area contributed by atoms with Crippen LogP contribution in [0.15, 0.2) is 48.5 Å². The van der Waals surface area contributed by atoms with Crippen molar-refractivity contribution >= 4 is 29.2 Å². The van der Waals surface area contributed by atoms with Gasteiger partial charge in [0, 0.05) is 0 Å². The second-order valence-electron chi connectivity index (χ2n) is 4.71. The highest BCUT2D eigenvalue weighted by atomic mass is 35.5. The maximum absolute atomic E-state index is 11.9. The maximum atomic E-state index is 11.9. The smallest absolute Gasteiger partial charge is 0.337 e. The molecule has 0 radical (unpaired) electrons. The molecule has 0 heterocycles. The van der Waals surface area contributed by atoms with Gasteiger partial charge in [0.2, 0.25) is 5.91 Å². The Morgan fingerprint density at radius 3 is 2.57 bits per heavy atom. The minimum absolute atomic E-state index is 0.117. The van der Waals surface area contributed by atoms with Crippen LogP contribution in [-0.2, 0) is 20.9 Å². The van der Waals surface area contributed by atoms with Gasteiger partial charge in [-0.2, -0.15) is 0 Å². The van der Waals surface area contributed by atoms with E-state index in [0.717, 1.165) is 5.56 Å². The van der Waals surface area contributed by atoms with Crippen LogP contribution >= 0.6 is 11.6 Å². The van der Waals surface area contributed by atoms with Crippen molar-refractivity contribution in [3.8, 4) is 0 Å². The van der Waals surface area contributed by atoms with Crippen LogP contribution in [0.5, 0.6) is 0 Å². The van der Waals surface area contributed by atoms with Gasteiger partial charge in [-0.05, 0) is 23.8 Å². The van der Waals surface area contributed by atoms with Crippen LogP contribution < -0.4 is 5.32 Å². The lowest BCUT2D eigenvalue weighted by Crippen LogP contribution is -2.18. The third-order valence-corrected chi connectivity index (χ3v) is 3.34. The highest BCUT2D eigenvalue weighted by molar-refractivity contribution is 6.33. The molecule has 0 fully saturated rings. The number of halogens is 1. The van der Waals surface area contributed by atoms with Gasteiger partial charge < -0.3 is 14.8 Å². The molecule has 1 amide bonds. The molecule has 120 valence electrons. The summed E-state index contributed by atoms with van der Waals surface area (Å²) >= 11 is 6.01. The number of nitrogens with one attached hydrogen (secondary N) is 1.